The molecular formula is C26H26N3O+. The molecule has 0 N–H and O–H groups in total. The summed E-state index contributed by atoms with van der Waals surface area (Å²) in [6, 6.07) is 19.0. The van der Waals surface area contributed by atoms with Crippen LogP contribution in [0.1, 0.15) is 25.1 Å². The predicted octanol–water partition coefficient (Wildman–Crippen LogP) is 5.77. The van der Waals surface area contributed by atoms with Crippen molar-refractivity contribution in [3.8, 4) is 17.1 Å². The summed E-state index contributed by atoms with van der Waals surface area (Å²) in [6.45, 7) is 6.56. The predicted molar refractivity (Wildman–Crippen MR) is 121 cm³/mol. The number of furan rings is 1. The van der Waals surface area contributed by atoms with E-state index in [9.17, 15) is 0 Å². The normalized spacial score (nSPS) is 11.8. The van der Waals surface area contributed by atoms with Crippen molar-refractivity contribution in [1.29, 1.82) is 0 Å². The van der Waals surface area contributed by atoms with Crippen molar-refractivity contribution in [2.75, 3.05) is 0 Å². The molecule has 0 saturated heterocycles. The number of nitrogens with zero attached hydrogens (tertiary/aromatic N) is 3. The highest BCUT2D eigenvalue weighted by Crippen LogP contribution is 2.37. The molecule has 0 amide bonds. The first-order chi connectivity index (χ1) is 14.5. The van der Waals surface area contributed by atoms with Crippen LogP contribution in [0.25, 0.3) is 39.1 Å². The summed E-state index contributed by atoms with van der Waals surface area (Å²) in [6.07, 6.45) is 5.14. The number of aromatic nitrogens is 3. The first-order valence-corrected chi connectivity index (χ1v) is 10.5. The van der Waals surface area contributed by atoms with Gasteiger partial charge in [0.25, 0.3) is 5.82 Å². The van der Waals surface area contributed by atoms with E-state index < -0.39 is 0 Å². The van der Waals surface area contributed by atoms with E-state index in [-0.39, 0.29) is 0 Å². The summed E-state index contributed by atoms with van der Waals surface area (Å²) < 4.78 is 10.8. The van der Waals surface area contributed by atoms with Crippen LogP contribution in [0.3, 0.4) is 0 Å². The van der Waals surface area contributed by atoms with Crippen LogP contribution in [0.4, 0.5) is 0 Å². The molecule has 30 heavy (non-hydrogen) atoms. The molecule has 3 aromatic heterocycles. The molecule has 3 heterocycles. The summed E-state index contributed by atoms with van der Waals surface area (Å²) in [5.74, 6) is 1.65. The zero-order valence-electron chi connectivity index (χ0n) is 17.9. The third-order valence-corrected chi connectivity index (χ3v) is 5.65. The minimum Gasteiger partial charge on any atom is -0.437 e. The highest BCUT2D eigenvalue weighted by atomic mass is 16.3. The van der Waals surface area contributed by atoms with Crippen LogP contribution in [0, 0.1) is 12.8 Å². The average molecular weight is 397 g/mol. The summed E-state index contributed by atoms with van der Waals surface area (Å²) >= 11 is 0. The van der Waals surface area contributed by atoms with Crippen LogP contribution in [0.15, 0.2) is 71.4 Å². The molecule has 4 heteroatoms. The van der Waals surface area contributed by atoms with Gasteiger partial charge in [-0.2, -0.15) is 4.57 Å². The van der Waals surface area contributed by atoms with Gasteiger partial charge in [0.1, 0.15) is 23.6 Å². The van der Waals surface area contributed by atoms with E-state index in [1.807, 2.05) is 6.07 Å². The largest absolute Gasteiger partial charge is 0.437 e. The first-order valence-electron chi connectivity index (χ1n) is 10.5. The van der Waals surface area contributed by atoms with E-state index in [1.54, 1.807) is 0 Å². The second kappa shape index (κ2) is 7.13. The smallest absolute Gasteiger partial charge is 0.297 e. The molecule has 5 aromatic rings. The molecule has 4 nitrogen and oxygen atoms in total. The Hall–Kier alpha value is -3.40. The van der Waals surface area contributed by atoms with Gasteiger partial charge in [0, 0.05) is 16.5 Å². The van der Waals surface area contributed by atoms with Gasteiger partial charge in [-0.05, 0) is 49.1 Å². The molecule has 0 aliphatic carbocycles. The van der Waals surface area contributed by atoms with Gasteiger partial charge < -0.3 is 4.42 Å². The topological polar surface area (TPSA) is 34.8 Å². The standard InChI is InChI=1S/C26H26N3O/c1-17(2)16-19-11-13-22-21-12-10-18(3)23(24(21)30-25(22)27-19)26-28(4)14-15-29(26)20-8-6-5-7-9-20/h5-15,17H,16H2,1-4H3/q+1. The van der Waals surface area contributed by atoms with Crippen molar-refractivity contribution < 1.29 is 8.98 Å². The lowest BCUT2D eigenvalue weighted by atomic mass is 10.0. The molecule has 2 aromatic carbocycles. The average Bonchev–Trinajstić information content (AvgIpc) is 3.28. The molecule has 0 atom stereocenters. The number of benzene rings is 2. The van der Waals surface area contributed by atoms with Crippen molar-refractivity contribution in [2.24, 2.45) is 13.0 Å². The summed E-state index contributed by atoms with van der Waals surface area (Å²) in [5, 5.41) is 2.18. The molecule has 5 rings (SSSR count). The number of para-hydroxylation sites is 1. The molecular weight excluding hydrogens is 370 g/mol. The molecule has 0 spiro atoms. The van der Waals surface area contributed by atoms with Crippen LogP contribution >= 0.6 is 0 Å². The Bertz CT molecular complexity index is 1360. The highest BCUT2D eigenvalue weighted by molar-refractivity contribution is 6.08. The second-order valence-electron chi connectivity index (χ2n) is 8.43. The third-order valence-electron chi connectivity index (χ3n) is 5.65. The van der Waals surface area contributed by atoms with Crippen LogP contribution in [-0.4, -0.2) is 9.55 Å². The summed E-state index contributed by atoms with van der Waals surface area (Å²) in [4.78, 5) is 4.83. The van der Waals surface area contributed by atoms with E-state index in [1.165, 1.54) is 5.56 Å². The zero-order chi connectivity index (χ0) is 20.8. The number of rotatable bonds is 4. The maximum atomic E-state index is 6.42. The quantitative estimate of drug-likeness (QED) is 0.362. The van der Waals surface area contributed by atoms with Crippen molar-refractivity contribution in [3.05, 3.63) is 78.2 Å². The van der Waals surface area contributed by atoms with E-state index in [4.69, 9.17) is 9.40 Å². The van der Waals surface area contributed by atoms with Gasteiger partial charge in [-0.3, -0.25) is 0 Å². The number of hydrogen-bond acceptors (Lipinski definition) is 2. The van der Waals surface area contributed by atoms with E-state index in [0.717, 1.165) is 51.3 Å². The Morgan fingerprint density at radius 3 is 2.53 bits per heavy atom. The van der Waals surface area contributed by atoms with Gasteiger partial charge >= 0.3 is 0 Å². The highest BCUT2D eigenvalue weighted by Gasteiger charge is 2.26. The molecule has 0 fully saturated rings. The van der Waals surface area contributed by atoms with Crippen LogP contribution < -0.4 is 4.57 Å². The Kier molecular flexibility index (Phi) is 4.43. The lowest BCUT2D eigenvalue weighted by molar-refractivity contribution is -0.659. The van der Waals surface area contributed by atoms with Crippen LogP contribution in [0.2, 0.25) is 0 Å². The fraction of sp³-hybridized carbons (Fsp3) is 0.231. The van der Waals surface area contributed by atoms with Crippen molar-refractivity contribution >= 4 is 22.1 Å². The van der Waals surface area contributed by atoms with E-state index in [2.05, 4.69) is 97.9 Å². The molecule has 0 aliphatic heterocycles. The van der Waals surface area contributed by atoms with Crippen molar-refractivity contribution in [1.82, 2.24) is 9.55 Å². The van der Waals surface area contributed by atoms with Crippen molar-refractivity contribution in [3.63, 3.8) is 0 Å². The van der Waals surface area contributed by atoms with E-state index >= 15 is 0 Å². The maximum Gasteiger partial charge on any atom is 0.297 e. The Labute approximate surface area is 176 Å². The van der Waals surface area contributed by atoms with Gasteiger partial charge in [-0.1, -0.05) is 44.2 Å². The van der Waals surface area contributed by atoms with Gasteiger partial charge in [0.05, 0.1) is 7.05 Å². The number of fused-ring (bicyclic) bond motifs is 3. The molecule has 0 aliphatic rings. The third kappa shape index (κ3) is 3.00. The summed E-state index contributed by atoms with van der Waals surface area (Å²) in [5.41, 5.74) is 6.09. The van der Waals surface area contributed by atoms with Gasteiger partial charge in [0.2, 0.25) is 5.71 Å². The second-order valence-corrected chi connectivity index (χ2v) is 8.43. The Balaban J connectivity index is 1.78. The van der Waals surface area contributed by atoms with Crippen LogP contribution in [0.5, 0.6) is 0 Å². The fourth-order valence-corrected chi connectivity index (χ4v) is 4.24. The molecule has 0 unspecified atom stereocenters. The number of pyridine rings is 1. The lowest BCUT2D eigenvalue weighted by Gasteiger charge is -2.06. The molecule has 0 radical (unpaired) electrons. The number of imidazole rings is 1. The van der Waals surface area contributed by atoms with Crippen molar-refractivity contribution in [2.45, 2.75) is 27.2 Å². The lowest BCUT2D eigenvalue weighted by Crippen LogP contribution is -2.29. The fourth-order valence-electron chi connectivity index (χ4n) is 4.24. The molecule has 0 saturated carbocycles. The number of hydrogen-bond donors (Lipinski definition) is 0. The molecule has 0 bridgehead atoms. The van der Waals surface area contributed by atoms with Gasteiger partial charge in [0.15, 0.2) is 5.58 Å². The SMILES string of the molecule is Cc1ccc2c(oc3nc(CC(C)C)ccc32)c1-c1n(-c2ccccc2)cc[n+]1C. The Morgan fingerprint density at radius 1 is 1.00 bits per heavy atom. The zero-order valence-corrected chi connectivity index (χ0v) is 17.9. The maximum absolute atomic E-state index is 6.42. The Morgan fingerprint density at radius 2 is 1.77 bits per heavy atom. The minimum atomic E-state index is 0.560. The summed E-state index contributed by atoms with van der Waals surface area (Å²) in [7, 11) is 2.08. The monoisotopic (exact) mass is 396 g/mol. The molecule has 150 valence electrons. The number of aryl methyl sites for hydroxylation is 2. The van der Waals surface area contributed by atoms with Gasteiger partial charge in [-0.25, -0.2) is 9.55 Å². The minimum absolute atomic E-state index is 0.560. The van der Waals surface area contributed by atoms with Crippen LogP contribution in [-0.2, 0) is 13.5 Å². The van der Waals surface area contributed by atoms with Gasteiger partial charge in [-0.15, -0.1) is 0 Å². The van der Waals surface area contributed by atoms with E-state index in [0.29, 0.717) is 5.92 Å². The first kappa shape index (κ1) is 18.6.